The molecule has 0 aliphatic rings. The van der Waals surface area contributed by atoms with Gasteiger partial charge >= 0.3 is 0 Å². The smallest absolute Gasteiger partial charge is 0.191 e. The Morgan fingerprint density at radius 2 is 2.04 bits per heavy atom. The van der Waals surface area contributed by atoms with Gasteiger partial charge in [0.2, 0.25) is 0 Å². The molecule has 2 aromatic rings. The van der Waals surface area contributed by atoms with Crippen molar-refractivity contribution in [2.75, 3.05) is 7.05 Å². The maximum Gasteiger partial charge on any atom is 0.191 e. The fraction of sp³-hybridized carbons (Fsp3) is 0.375. The summed E-state index contributed by atoms with van der Waals surface area (Å²) in [6.07, 6.45) is 0.852. The number of hydrogen-bond acceptors (Lipinski definition) is 3. The third-order valence-corrected chi connectivity index (χ3v) is 4.16. The summed E-state index contributed by atoms with van der Waals surface area (Å²) in [6.45, 7) is 4.57. The number of benzene rings is 1. The number of aromatic nitrogens is 1. The predicted molar refractivity (Wildman–Crippen MR) is 110 cm³/mol. The van der Waals surface area contributed by atoms with E-state index in [0.29, 0.717) is 22.5 Å². The van der Waals surface area contributed by atoms with Crippen molar-refractivity contribution in [1.29, 1.82) is 0 Å². The Kier molecular flexibility index (Phi) is 8.86. The molecular weight excluding hydrogens is 462 g/mol. The number of aliphatic imine (C=N–C) groups is 1. The zero-order valence-corrected chi connectivity index (χ0v) is 17.6. The molecule has 132 valence electrons. The molecule has 1 heterocycles. The summed E-state index contributed by atoms with van der Waals surface area (Å²) < 4.78 is 5.24. The molecule has 0 spiro atoms. The van der Waals surface area contributed by atoms with Crippen molar-refractivity contribution in [2.24, 2.45) is 4.99 Å². The topological polar surface area (TPSA) is 62.5 Å². The highest BCUT2D eigenvalue weighted by molar-refractivity contribution is 14.0. The number of hydrogen-bond donors (Lipinski definition) is 2. The van der Waals surface area contributed by atoms with Crippen LogP contribution < -0.4 is 10.6 Å². The molecule has 0 amide bonds. The molecule has 0 fully saturated rings. The van der Waals surface area contributed by atoms with Crippen LogP contribution in [0.4, 0.5) is 0 Å². The molecule has 24 heavy (non-hydrogen) atoms. The first-order valence-electron chi connectivity index (χ1n) is 7.40. The number of nitrogens with zero attached hydrogens (tertiary/aromatic N) is 2. The van der Waals surface area contributed by atoms with Gasteiger partial charge in [0, 0.05) is 13.1 Å². The van der Waals surface area contributed by atoms with Crippen LogP contribution in [0.5, 0.6) is 0 Å². The lowest BCUT2D eigenvalue weighted by Gasteiger charge is -2.18. The Balaban J connectivity index is 0.00000288. The van der Waals surface area contributed by atoms with E-state index < -0.39 is 0 Å². The molecule has 0 aliphatic heterocycles. The van der Waals surface area contributed by atoms with Gasteiger partial charge in [0.25, 0.3) is 0 Å². The van der Waals surface area contributed by atoms with E-state index in [1.807, 2.05) is 32.0 Å². The molecule has 2 N–H and O–H groups in total. The van der Waals surface area contributed by atoms with Gasteiger partial charge in [-0.3, -0.25) is 4.99 Å². The molecule has 2 rings (SSSR count). The van der Waals surface area contributed by atoms with Crippen molar-refractivity contribution in [2.45, 2.75) is 32.9 Å². The number of nitrogens with one attached hydrogen (secondary N) is 2. The maximum absolute atomic E-state index is 6.06. The van der Waals surface area contributed by atoms with Crippen molar-refractivity contribution in [3.05, 3.63) is 51.3 Å². The van der Waals surface area contributed by atoms with Gasteiger partial charge in [0.1, 0.15) is 0 Å². The van der Waals surface area contributed by atoms with E-state index >= 15 is 0 Å². The van der Waals surface area contributed by atoms with Crippen LogP contribution in [0.15, 0.2) is 33.8 Å². The summed E-state index contributed by atoms with van der Waals surface area (Å²) in [6, 6.07) is 7.52. The molecule has 8 heteroatoms. The summed E-state index contributed by atoms with van der Waals surface area (Å²) in [5.74, 6) is 1.44. The van der Waals surface area contributed by atoms with E-state index in [9.17, 15) is 0 Å². The normalized spacial score (nSPS) is 12.5. The van der Waals surface area contributed by atoms with Crippen molar-refractivity contribution < 1.29 is 4.52 Å². The predicted octanol–water partition coefficient (Wildman–Crippen LogP) is 4.59. The van der Waals surface area contributed by atoms with Gasteiger partial charge in [-0.1, -0.05) is 41.3 Å². The Morgan fingerprint density at radius 1 is 1.29 bits per heavy atom. The SMILES string of the molecule is CCc1cc(CNC(=NC)NC(C)c2ccc(Cl)c(Cl)c2)on1.I. The monoisotopic (exact) mass is 482 g/mol. The first-order valence-corrected chi connectivity index (χ1v) is 8.15. The second kappa shape index (κ2) is 10.1. The Bertz CT molecular complexity index is 690. The number of guanidine groups is 1. The first kappa shape index (κ1) is 21.1. The number of halogens is 3. The molecule has 1 aromatic heterocycles. The molecule has 0 saturated heterocycles. The molecule has 0 bridgehead atoms. The minimum Gasteiger partial charge on any atom is -0.359 e. The van der Waals surface area contributed by atoms with Crippen LogP contribution in [-0.4, -0.2) is 18.2 Å². The zero-order chi connectivity index (χ0) is 16.8. The summed E-state index contributed by atoms with van der Waals surface area (Å²) in [5.41, 5.74) is 1.96. The standard InChI is InChI=1S/C16H20Cl2N4O.HI/c1-4-12-8-13(23-22-12)9-20-16(19-3)21-10(2)11-5-6-14(17)15(18)7-11;/h5-8,10H,4,9H2,1-3H3,(H2,19,20,21);1H. The fourth-order valence-electron chi connectivity index (χ4n) is 2.04. The van der Waals surface area contributed by atoms with Crippen molar-refractivity contribution >= 4 is 53.1 Å². The summed E-state index contributed by atoms with van der Waals surface area (Å²) in [5, 5.41) is 11.5. The van der Waals surface area contributed by atoms with Crippen LogP contribution in [0, 0.1) is 0 Å². The van der Waals surface area contributed by atoms with E-state index in [-0.39, 0.29) is 30.0 Å². The number of aryl methyl sites for hydroxylation is 1. The summed E-state index contributed by atoms with van der Waals surface area (Å²) >= 11 is 12.0. The second-order valence-corrected chi connectivity index (χ2v) is 5.92. The Labute approximate surface area is 169 Å². The van der Waals surface area contributed by atoms with Gasteiger partial charge in [-0.05, 0) is 31.0 Å². The third-order valence-electron chi connectivity index (χ3n) is 3.42. The van der Waals surface area contributed by atoms with Crippen molar-refractivity contribution in [3.8, 4) is 0 Å². The largest absolute Gasteiger partial charge is 0.359 e. The lowest BCUT2D eigenvalue weighted by molar-refractivity contribution is 0.374. The maximum atomic E-state index is 6.06. The van der Waals surface area contributed by atoms with E-state index in [0.717, 1.165) is 23.4 Å². The third kappa shape index (κ3) is 5.82. The quantitative estimate of drug-likeness (QED) is 0.371. The summed E-state index contributed by atoms with van der Waals surface area (Å²) in [7, 11) is 1.72. The van der Waals surface area contributed by atoms with E-state index in [1.54, 1.807) is 13.1 Å². The molecule has 1 unspecified atom stereocenters. The fourth-order valence-corrected chi connectivity index (χ4v) is 2.35. The van der Waals surface area contributed by atoms with Gasteiger partial charge in [-0.2, -0.15) is 0 Å². The average molecular weight is 483 g/mol. The molecule has 1 aromatic carbocycles. The van der Waals surface area contributed by atoms with Crippen LogP contribution in [0.3, 0.4) is 0 Å². The highest BCUT2D eigenvalue weighted by Gasteiger charge is 2.10. The van der Waals surface area contributed by atoms with E-state index in [4.69, 9.17) is 27.7 Å². The highest BCUT2D eigenvalue weighted by atomic mass is 127. The van der Waals surface area contributed by atoms with Crippen molar-refractivity contribution in [1.82, 2.24) is 15.8 Å². The Morgan fingerprint density at radius 3 is 2.62 bits per heavy atom. The van der Waals surface area contributed by atoms with Crippen LogP contribution in [0.2, 0.25) is 10.0 Å². The van der Waals surface area contributed by atoms with Crippen LogP contribution in [0.25, 0.3) is 0 Å². The first-order chi connectivity index (χ1) is 11.0. The van der Waals surface area contributed by atoms with Gasteiger partial charge in [0.15, 0.2) is 11.7 Å². The molecule has 5 nitrogen and oxygen atoms in total. The average Bonchev–Trinajstić information content (AvgIpc) is 3.01. The minimum atomic E-state index is 0. The van der Waals surface area contributed by atoms with Crippen LogP contribution in [-0.2, 0) is 13.0 Å². The van der Waals surface area contributed by atoms with Gasteiger partial charge in [-0.15, -0.1) is 24.0 Å². The highest BCUT2D eigenvalue weighted by Crippen LogP contribution is 2.25. The molecule has 1 atom stereocenters. The molecular formula is C16H21Cl2IN4O. The van der Waals surface area contributed by atoms with Crippen LogP contribution >= 0.6 is 47.2 Å². The Hall–Kier alpha value is -0.990. The van der Waals surface area contributed by atoms with Gasteiger partial charge in [0.05, 0.1) is 28.3 Å². The van der Waals surface area contributed by atoms with Gasteiger partial charge < -0.3 is 15.2 Å². The number of rotatable bonds is 5. The lowest BCUT2D eigenvalue weighted by atomic mass is 10.1. The summed E-state index contributed by atoms with van der Waals surface area (Å²) in [4.78, 5) is 4.21. The van der Waals surface area contributed by atoms with E-state index in [2.05, 4.69) is 20.8 Å². The van der Waals surface area contributed by atoms with Crippen LogP contribution in [0.1, 0.15) is 36.9 Å². The molecule has 0 radical (unpaired) electrons. The van der Waals surface area contributed by atoms with Crippen molar-refractivity contribution in [3.63, 3.8) is 0 Å². The zero-order valence-electron chi connectivity index (χ0n) is 13.8. The molecule has 0 aliphatic carbocycles. The van der Waals surface area contributed by atoms with Gasteiger partial charge in [-0.25, -0.2) is 0 Å². The minimum absolute atomic E-state index is 0. The second-order valence-electron chi connectivity index (χ2n) is 5.10. The molecule has 0 saturated carbocycles. The van der Waals surface area contributed by atoms with E-state index in [1.165, 1.54) is 0 Å². The lowest BCUT2D eigenvalue weighted by Crippen LogP contribution is -2.38.